The minimum atomic E-state index is -4.52. The number of benzene rings is 2. The molecule has 19 N–H and O–H groups in total. The van der Waals surface area contributed by atoms with E-state index in [0.29, 0.717) is 68.8 Å². The fourth-order valence-electron chi connectivity index (χ4n) is 15.5. The first-order valence-corrected chi connectivity index (χ1v) is 50.5. The highest BCUT2D eigenvalue weighted by atomic mass is 32.2. The first-order valence-electron chi connectivity index (χ1n) is 47.6. The molecule has 3 aliphatic rings. The molecule has 43 nitrogen and oxygen atoms in total. The quantitative estimate of drug-likeness (QED) is 0.0135. The van der Waals surface area contributed by atoms with Crippen molar-refractivity contribution in [2.45, 2.75) is 399 Å². The van der Waals surface area contributed by atoms with Gasteiger partial charge in [0.1, 0.15) is 87.4 Å². The summed E-state index contributed by atoms with van der Waals surface area (Å²) >= 11 is 0. The monoisotopic (exact) mass is 2000 g/mol. The van der Waals surface area contributed by atoms with E-state index in [1.54, 1.807) is 145 Å². The SMILES string of the molecule is Cc1c(C)c(S(=O)(=O)NC(=N)NCCC[C@H](NC(=O)[C@H](CCCCNC(=O)OC(C)(C)C)NC(=O)[C@@H]2CCC(=O)N2)C(=O)N[C@@H](CCCCNC(=O)OC(C)(C)C)C(=O)N[C@@H](CCCNC(=N)NS(=O)(=O)c2c(C)c(C)c3c(c2C)CC(C)(C)O3)C(=O)N[C@@H](CCCCNC(=O)OC(C)(C)C)C(=O)N[C@@H](CCCCNC(=O)OC(C)(C)C)C(=O)N[C@@H](COC(C)(C)C)C(=O)O)c(C)c2c1OC(C)(C)C2. The Labute approximate surface area is 818 Å². The average molecular weight is 2000 g/mol. The fourth-order valence-corrected chi connectivity index (χ4v) is 18.6. The number of rotatable bonds is 49. The summed E-state index contributed by atoms with van der Waals surface area (Å²) in [5, 5.41) is 65.6. The Bertz CT molecular complexity index is 4970. The fraction of sp³-hybridized carbons (Fsp3) is 0.713. The summed E-state index contributed by atoms with van der Waals surface area (Å²) in [4.78, 5) is 183. The van der Waals surface area contributed by atoms with Gasteiger partial charge in [0.15, 0.2) is 6.04 Å². The molecule has 0 aliphatic carbocycles. The number of guanidine groups is 2. The van der Waals surface area contributed by atoms with Crippen LogP contribution in [0.2, 0.25) is 0 Å². The van der Waals surface area contributed by atoms with E-state index >= 15 is 24.0 Å². The molecule has 2 aromatic carbocycles. The minimum absolute atomic E-state index is 0.00303. The largest absolute Gasteiger partial charge is 0.487 e. The molecule has 0 spiro atoms. The van der Waals surface area contributed by atoms with Crippen LogP contribution in [0.4, 0.5) is 19.2 Å². The molecule has 12 amide bonds. The molecule has 0 aromatic heterocycles. The number of alkyl carbamates (subject to hydrolysis) is 4. The maximum Gasteiger partial charge on any atom is 0.407 e. The van der Waals surface area contributed by atoms with E-state index in [1.807, 2.05) is 27.7 Å². The van der Waals surface area contributed by atoms with Gasteiger partial charge in [-0.15, -0.1) is 0 Å². The predicted octanol–water partition coefficient (Wildman–Crippen LogP) is 7.18. The number of nitrogens with one attached hydrogen (secondary N) is 18. The van der Waals surface area contributed by atoms with E-state index in [0.717, 1.165) is 0 Å². The lowest BCUT2D eigenvalue weighted by Gasteiger charge is -2.28. The summed E-state index contributed by atoms with van der Waals surface area (Å²) < 4.78 is 102. The zero-order chi connectivity index (χ0) is 105. The van der Waals surface area contributed by atoms with E-state index in [1.165, 1.54) is 0 Å². The van der Waals surface area contributed by atoms with Gasteiger partial charge in [-0.25, -0.2) is 50.3 Å². The Balaban J connectivity index is 1.65. The zero-order valence-corrected chi connectivity index (χ0v) is 87.4. The molecule has 1 saturated heterocycles. The third-order valence-electron chi connectivity index (χ3n) is 22.3. The molecule has 0 bridgehead atoms. The molecule has 45 heteroatoms. The van der Waals surface area contributed by atoms with Crippen LogP contribution in [-0.2, 0) is 99.7 Å². The Morgan fingerprint density at radius 2 is 0.655 bits per heavy atom. The second-order valence-corrected chi connectivity index (χ2v) is 45.0. The maximum absolute atomic E-state index is 15.8. The molecular formula is C94H156N18O25S2. The molecule has 0 unspecified atom stereocenters. The van der Waals surface area contributed by atoms with Crippen LogP contribution in [0, 0.1) is 52.4 Å². The number of aliphatic carboxylic acids is 1. The van der Waals surface area contributed by atoms with Crippen molar-refractivity contribution in [3.8, 4) is 11.5 Å². The maximum atomic E-state index is 15.8. The molecule has 3 aliphatic heterocycles. The van der Waals surface area contributed by atoms with Gasteiger partial charge in [-0.1, -0.05) is 0 Å². The van der Waals surface area contributed by atoms with Crippen molar-refractivity contribution in [1.29, 1.82) is 10.8 Å². The number of carboxylic acids is 1. The number of amides is 12. The van der Waals surface area contributed by atoms with E-state index in [-0.39, 0.29) is 158 Å². The van der Waals surface area contributed by atoms with E-state index in [4.69, 9.17) is 44.0 Å². The third-order valence-corrected chi connectivity index (χ3v) is 25.5. The second-order valence-electron chi connectivity index (χ2n) is 41.7. The van der Waals surface area contributed by atoms with E-state index in [9.17, 15) is 60.3 Å². The zero-order valence-electron chi connectivity index (χ0n) is 85.8. The van der Waals surface area contributed by atoms with Gasteiger partial charge in [-0.3, -0.25) is 49.2 Å². The van der Waals surface area contributed by atoms with Crippen LogP contribution in [0.1, 0.15) is 292 Å². The average Bonchev–Trinajstić information content (AvgIpc) is 1.62. The highest BCUT2D eigenvalue weighted by Gasteiger charge is 2.42. The van der Waals surface area contributed by atoms with Crippen LogP contribution in [0.15, 0.2) is 9.79 Å². The molecule has 1 fully saturated rings. The molecule has 0 saturated carbocycles. The topological polar surface area (TPSA) is 615 Å². The minimum Gasteiger partial charge on any atom is -0.487 e. The summed E-state index contributed by atoms with van der Waals surface area (Å²) in [6.07, 6.45) is -3.24. The molecule has 5 rings (SSSR count). The van der Waals surface area contributed by atoms with Crippen molar-refractivity contribution < 1.29 is 117 Å². The van der Waals surface area contributed by atoms with Crippen molar-refractivity contribution in [3.63, 3.8) is 0 Å². The normalized spacial score (nSPS) is 15.9. The first-order chi connectivity index (χ1) is 64.1. The Morgan fingerprint density at radius 3 is 0.914 bits per heavy atom. The van der Waals surface area contributed by atoms with Crippen LogP contribution < -0.4 is 93.4 Å². The van der Waals surface area contributed by atoms with Crippen LogP contribution in [0.3, 0.4) is 0 Å². The van der Waals surface area contributed by atoms with Gasteiger partial charge < -0.3 is 113 Å². The van der Waals surface area contributed by atoms with Gasteiger partial charge in [-0.05, 0) is 316 Å². The summed E-state index contributed by atoms with van der Waals surface area (Å²) in [7, 11) is -9.00. The number of sulfonamides is 2. The number of carbonyl (C=O) groups excluding carboxylic acids is 12. The van der Waals surface area contributed by atoms with Crippen molar-refractivity contribution in [2.24, 2.45) is 0 Å². The van der Waals surface area contributed by atoms with Crippen molar-refractivity contribution in [1.82, 2.24) is 83.9 Å². The molecule has 784 valence electrons. The molecule has 0 radical (unpaired) electrons. The molecule has 2 aromatic rings. The lowest BCUT2D eigenvalue weighted by atomic mass is 9.94. The number of fused-ring (bicyclic) bond motifs is 2. The number of ether oxygens (including phenoxy) is 7. The Hall–Kier alpha value is -11.2. The van der Waals surface area contributed by atoms with Crippen LogP contribution in [0.5, 0.6) is 11.5 Å². The van der Waals surface area contributed by atoms with Crippen molar-refractivity contribution in [2.75, 3.05) is 45.9 Å². The molecule has 8 atom stereocenters. The standard InChI is InChI=1S/C94H156N18O25S2/c1-53-55(3)72(57(5)59-50-93(22,23)132-70(53)59)138(127,128)111-82(95)97-48-34-40-65(77(117)104-61(36-26-30-44-99-84(123)134-89(10,11)12)74(114)106-64(39-29-33-47-102-87(126)137-92(19,20)21)79(119)110-68(81(121)122)52-131-88(7,8)9)108-75(115)62(37-27-31-45-100-85(124)135-90(13,14)15)105-78(118)66(41-35-49-98-83(96)112-139(129,130)73-56(4)54(2)71-60(58(73)6)51-94(24,25)133-71)109-76(116)63(107-80(120)67-42-43-69(113)103-67)38-28-32-46-101-86(125)136-91(16,17)18/h61-68H,26-52H2,1-25H3,(H,99,123)(H,100,124)(H,101,125)(H,102,126)(H,103,113)(H,104,117)(H,105,118)(H,106,114)(H,107,120)(H,108,115)(H,109,116)(H,110,119)(H,121,122)(H3,95,97,111)(H3,96,98,112)/t61-,62-,63-,64-,65-,66-,67-,68-/m0/s1. The highest BCUT2D eigenvalue weighted by molar-refractivity contribution is 7.90. The highest BCUT2D eigenvalue weighted by Crippen LogP contribution is 2.45. The van der Waals surface area contributed by atoms with Crippen LogP contribution >= 0.6 is 0 Å². The molecular weight excluding hydrogens is 1850 g/mol. The van der Waals surface area contributed by atoms with Crippen LogP contribution in [0.25, 0.3) is 0 Å². The number of carbonyl (C=O) groups is 13. The summed E-state index contributed by atoms with van der Waals surface area (Å²) in [6.45, 7) is 41.4. The Kier molecular flexibility index (Phi) is 43.6. The van der Waals surface area contributed by atoms with Crippen molar-refractivity contribution >= 4 is 110 Å². The van der Waals surface area contributed by atoms with Crippen molar-refractivity contribution in [3.05, 3.63) is 44.5 Å². The lowest BCUT2D eigenvalue weighted by molar-refractivity contribution is -0.146. The van der Waals surface area contributed by atoms with Gasteiger partial charge in [0.05, 0.1) is 22.0 Å². The van der Waals surface area contributed by atoms with Gasteiger partial charge >= 0.3 is 30.3 Å². The first kappa shape index (κ1) is 118. The smallest absolute Gasteiger partial charge is 0.407 e. The van der Waals surface area contributed by atoms with Crippen LogP contribution in [-0.4, -0.2) is 245 Å². The van der Waals surface area contributed by atoms with E-state index < -0.39 is 210 Å². The number of carboxylic acid groups (broad SMARTS) is 1. The van der Waals surface area contributed by atoms with Gasteiger partial charge in [0.2, 0.25) is 59.2 Å². The molecule has 3 heterocycles. The summed E-state index contributed by atoms with van der Waals surface area (Å²) in [5.74, 6) is -9.12. The van der Waals surface area contributed by atoms with E-state index in [2.05, 4.69) is 83.9 Å². The second kappa shape index (κ2) is 51.3. The number of hydrogen-bond acceptors (Lipinski definition) is 26. The number of hydrogen-bond donors (Lipinski definition) is 19. The van der Waals surface area contributed by atoms with Gasteiger partial charge in [0, 0.05) is 69.7 Å². The summed E-state index contributed by atoms with van der Waals surface area (Å²) in [6, 6.07) is -12.6. The van der Waals surface area contributed by atoms with Gasteiger partial charge in [0.25, 0.3) is 20.0 Å². The summed E-state index contributed by atoms with van der Waals surface area (Å²) in [5.41, 5.74) is -1.54. The Morgan fingerprint density at radius 1 is 0.388 bits per heavy atom. The molecule has 139 heavy (non-hydrogen) atoms. The number of unbranched alkanes of at least 4 members (excludes halogenated alkanes) is 4. The third kappa shape index (κ3) is 40.8. The predicted molar refractivity (Wildman–Crippen MR) is 519 cm³/mol. The van der Waals surface area contributed by atoms with Gasteiger partial charge in [-0.2, -0.15) is 0 Å². The lowest BCUT2D eigenvalue weighted by Crippen LogP contribution is -2.60.